The summed E-state index contributed by atoms with van der Waals surface area (Å²) in [5.41, 5.74) is 0.00429. The largest absolute Gasteiger partial charge is 0.497 e. The van der Waals surface area contributed by atoms with E-state index < -0.39 is 5.97 Å². The number of amides is 1. The van der Waals surface area contributed by atoms with Crippen LogP contribution in [0.15, 0.2) is 18.2 Å². The van der Waals surface area contributed by atoms with E-state index in [0.29, 0.717) is 11.7 Å². The molecule has 0 saturated heterocycles. The van der Waals surface area contributed by atoms with Crippen LogP contribution in [0.3, 0.4) is 0 Å². The van der Waals surface area contributed by atoms with Crippen molar-refractivity contribution >= 4 is 11.9 Å². The van der Waals surface area contributed by atoms with Crippen molar-refractivity contribution in [3.05, 3.63) is 23.8 Å². The number of nitrogens with one attached hydrogen (secondary N) is 1. The van der Waals surface area contributed by atoms with Gasteiger partial charge in [0.15, 0.2) is 6.61 Å². The maximum absolute atomic E-state index is 12.1. The first-order chi connectivity index (χ1) is 11.0. The SMILES string of the molecule is COc1ccc(C(=O)O)c(OCC(=O)NC2CCCCC2C)c1. The van der Waals surface area contributed by atoms with E-state index in [0.717, 1.165) is 19.3 Å². The third-order valence-electron chi connectivity index (χ3n) is 4.24. The Hall–Kier alpha value is -2.24. The quantitative estimate of drug-likeness (QED) is 0.841. The Morgan fingerprint density at radius 1 is 1.30 bits per heavy atom. The Bertz CT molecular complexity index is 572. The number of benzene rings is 1. The Kier molecular flexibility index (Phi) is 5.84. The van der Waals surface area contributed by atoms with Crippen LogP contribution in [0.5, 0.6) is 11.5 Å². The summed E-state index contributed by atoms with van der Waals surface area (Å²) < 4.78 is 10.5. The molecule has 1 aliphatic rings. The standard InChI is InChI=1S/C17H23NO5/c1-11-5-3-4-6-14(11)18-16(19)10-23-15-9-12(22-2)7-8-13(15)17(20)21/h7-9,11,14H,3-6,10H2,1-2H3,(H,18,19)(H,20,21). The number of ether oxygens (including phenoxy) is 2. The fourth-order valence-electron chi connectivity index (χ4n) is 2.85. The van der Waals surface area contributed by atoms with Crippen molar-refractivity contribution in [1.29, 1.82) is 0 Å². The van der Waals surface area contributed by atoms with E-state index in [1.807, 2.05) is 0 Å². The summed E-state index contributed by atoms with van der Waals surface area (Å²) in [5.74, 6) is -0.277. The molecule has 0 spiro atoms. The Labute approximate surface area is 135 Å². The minimum absolute atomic E-state index is 0.00429. The van der Waals surface area contributed by atoms with E-state index in [1.165, 1.54) is 25.7 Å². The minimum atomic E-state index is -1.11. The van der Waals surface area contributed by atoms with Crippen LogP contribution >= 0.6 is 0 Å². The van der Waals surface area contributed by atoms with Gasteiger partial charge in [-0.25, -0.2) is 4.79 Å². The Balaban J connectivity index is 1.96. The molecular weight excluding hydrogens is 298 g/mol. The van der Waals surface area contributed by atoms with Crippen LogP contribution in [0, 0.1) is 5.92 Å². The lowest BCUT2D eigenvalue weighted by molar-refractivity contribution is -0.124. The highest BCUT2D eigenvalue weighted by Crippen LogP contribution is 2.25. The molecule has 1 aromatic carbocycles. The van der Waals surface area contributed by atoms with Gasteiger partial charge in [0.25, 0.3) is 5.91 Å². The average molecular weight is 321 g/mol. The van der Waals surface area contributed by atoms with Crippen molar-refractivity contribution in [3.8, 4) is 11.5 Å². The molecule has 0 aliphatic heterocycles. The number of carboxylic acids is 1. The molecule has 2 atom stereocenters. The van der Waals surface area contributed by atoms with E-state index in [-0.39, 0.29) is 29.9 Å². The number of hydrogen-bond acceptors (Lipinski definition) is 4. The zero-order valence-electron chi connectivity index (χ0n) is 13.5. The third kappa shape index (κ3) is 4.61. The fraction of sp³-hybridized carbons (Fsp3) is 0.529. The molecule has 126 valence electrons. The zero-order chi connectivity index (χ0) is 16.8. The highest BCUT2D eigenvalue weighted by Gasteiger charge is 2.23. The molecule has 0 aromatic heterocycles. The van der Waals surface area contributed by atoms with Crippen LogP contribution in [-0.2, 0) is 4.79 Å². The van der Waals surface area contributed by atoms with Crippen LogP contribution < -0.4 is 14.8 Å². The molecule has 6 nitrogen and oxygen atoms in total. The van der Waals surface area contributed by atoms with Crippen LogP contribution in [0.4, 0.5) is 0 Å². The summed E-state index contributed by atoms with van der Waals surface area (Å²) in [4.78, 5) is 23.3. The molecule has 1 aromatic rings. The predicted molar refractivity (Wildman–Crippen MR) is 85.0 cm³/mol. The lowest BCUT2D eigenvalue weighted by Crippen LogP contribution is -2.43. The van der Waals surface area contributed by atoms with Crippen molar-refractivity contribution in [1.82, 2.24) is 5.32 Å². The van der Waals surface area contributed by atoms with Crippen LogP contribution in [0.2, 0.25) is 0 Å². The highest BCUT2D eigenvalue weighted by atomic mass is 16.5. The second-order valence-corrected chi connectivity index (χ2v) is 5.89. The van der Waals surface area contributed by atoms with Gasteiger partial charge in [-0.1, -0.05) is 19.8 Å². The number of carbonyl (C=O) groups is 2. The molecule has 1 aliphatic carbocycles. The van der Waals surface area contributed by atoms with E-state index >= 15 is 0 Å². The summed E-state index contributed by atoms with van der Waals surface area (Å²) in [6.07, 6.45) is 4.42. The van der Waals surface area contributed by atoms with Gasteiger partial charge in [0, 0.05) is 12.1 Å². The van der Waals surface area contributed by atoms with Crippen LogP contribution in [0.1, 0.15) is 43.0 Å². The summed E-state index contributed by atoms with van der Waals surface area (Å²) >= 11 is 0. The number of rotatable bonds is 6. The van der Waals surface area contributed by atoms with Gasteiger partial charge in [-0.05, 0) is 30.9 Å². The van der Waals surface area contributed by atoms with Crippen molar-refractivity contribution in [2.24, 2.45) is 5.92 Å². The first kappa shape index (κ1) is 17.1. The van der Waals surface area contributed by atoms with Gasteiger partial charge in [0.05, 0.1) is 7.11 Å². The molecule has 0 bridgehead atoms. The van der Waals surface area contributed by atoms with Gasteiger partial charge in [-0.2, -0.15) is 0 Å². The molecule has 0 heterocycles. The number of aromatic carboxylic acids is 1. The molecule has 2 unspecified atom stereocenters. The van der Waals surface area contributed by atoms with Gasteiger partial charge in [-0.3, -0.25) is 4.79 Å². The first-order valence-corrected chi connectivity index (χ1v) is 7.84. The molecule has 6 heteroatoms. The second-order valence-electron chi connectivity index (χ2n) is 5.89. The number of carboxylic acid groups (broad SMARTS) is 1. The van der Waals surface area contributed by atoms with Crippen molar-refractivity contribution in [2.45, 2.75) is 38.6 Å². The van der Waals surface area contributed by atoms with Crippen molar-refractivity contribution < 1.29 is 24.2 Å². The van der Waals surface area contributed by atoms with Gasteiger partial charge in [0.2, 0.25) is 0 Å². The van der Waals surface area contributed by atoms with Crippen molar-refractivity contribution in [3.63, 3.8) is 0 Å². The molecule has 2 rings (SSSR count). The molecule has 1 saturated carbocycles. The fourth-order valence-corrected chi connectivity index (χ4v) is 2.85. The first-order valence-electron chi connectivity index (χ1n) is 7.84. The zero-order valence-corrected chi connectivity index (χ0v) is 13.5. The maximum atomic E-state index is 12.1. The van der Waals surface area contributed by atoms with Gasteiger partial charge in [0.1, 0.15) is 17.1 Å². The molecule has 2 N–H and O–H groups in total. The van der Waals surface area contributed by atoms with Crippen LogP contribution in [0.25, 0.3) is 0 Å². The van der Waals surface area contributed by atoms with Gasteiger partial charge < -0.3 is 19.9 Å². The third-order valence-corrected chi connectivity index (χ3v) is 4.24. The molecule has 0 radical (unpaired) electrons. The van der Waals surface area contributed by atoms with Crippen molar-refractivity contribution in [2.75, 3.05) is 13.7 Å². The summed E-state index contributed by atoms with van der Waals surface area (Å²) in [6, 6.07) is 4.58. The number of methoxy groups -OCH3 is 1. The molecular formula is C17H23NO5. The highest BCUT2D eigenvalue weighted by molar-refractivity contribution is 5.91. The summed E-state index contributed by atoms with van der Waals surface area (Å²) in [7, 11) is 1.48. The van der Waals surface area contributed by atoms with E-state index in [9.17, 15) is 9.59 Å². The van der Waals surface area contributed by atoms with E-state index in [4.69, 9.17) is 14.6 Å². The number of carbonyl (C=O) groups excluding carboxylic acids is 1. The smallest absolute Gasteiger partial charge is 0.339 e. The van der Waals surface area contributed by atoms with Gasteiger partial charge >= 0.3 is 5.97 Å². The Morgan fingerprint density at radius 3 is 2.70 bits per heavy atom. The molecule has 1 fully saturated rings. The second kappa shape index (κ2) is 7.85. The molecule has 23 heavy (non-hydrogen) atoms. The number of hydrogen-bond donors (Lipinski definition) is 2. The maximum Gasteiger partial charge on any atom is 0.339 e. The van der Waals surface area contributed by atoms with E-state index in [2.05, 4.69) is 12.2 Å². The lowest BCUT2D eigenvalue weighted by atomic mass is 9.86. The average Bonchev–Trinajstić information content (AvgIpc) is 2.54. The van der Waals surface area contributed by atoms with E-state index in [1.54, 1.807) is 6.07 Å². The predicted octanol–water partition coefficient (Wildman–Crippen LogP) is 2.47. The van der Waals surface area contributed by atoms with Crippen LogP contribution in [-0.4, -0.2) is 36.7 Å². The topological polar surface area (TPSA) is 84.9 Å². The summed E-state index contributed by atoms with van der Waals surface area (Å²) in [6.45, 7) is 1.92. The normalized spacial score (nSPS) is 20.6. The summed E-state index contributed by atoms with van der Waals surface area (Å²) in [5, 5.41) is 12.1. The lowest BCUT2D eigenvalue weighted by Gasteiger charge is -2.29. The monoisotopic (exact) mass is 321 g/mol. The Morgan fingerprint density at radius 2 is 2.04 bits per heavy atom. The molecule has 1 amide bonds. The van der Waals surface area contributed by atoms with Gasteiger partial charge in [-0.15, -0.1) is 0 Å². The minimum Gasteiger partial charge on any atom is -0.497 e.